The highest BCUT2D eigenvalue weighted by Gasteiger charge is 2.47. The molecule has 6 N–H and O–H groups in total. The van der Waals surface area contributed by atoms with Crippen LogP contribution in [0.25, 0.3) is 0 Å². The molecule has 0 spiro atoms. The first-order chi connectivity index (χ1) is 39.7. The number of rotatable bonds is 19. The Labute approximate surface area is 485 Å². The van der Waals surface area contributed by atoms with Crippen molar-refractivity contribution < 1.29 is 38.4 Å². The molecule has 6 aliphatic rings. The number of hydrogen-bond donors (Lipinski definition) is 6. The molecule has 0 aromatic heterocycles. The number of nitrogens with zero attached hydrogens (tertiary/aromatic N) is 2. The summed E-state index contributed by atoms with van der Waals surface area (Å²) in [5, 5.41) is 19.0. The van der Waals surface area contributed by atoms with Crippen LogP contribution in [0.1, 0.15) is 204 Å². The third-order valence-corrected chi connectivity index (χ3v) is 19.3. The van der Waals surface area contributed by atoms with Gasteiger partial charge in [-0.1, -0.05) is 114 Å². The number of fused-ring (bicyclic) bond motifs is 2. The van der Waals surface area contributed by atoms with Gasteiger partial charge in [0.25, 0.3) is 11.8 Å². The molecule has 2 saturated heterocycles. The minimum absolute atomic E-state index is 0.00826. The van der Waals surface area contributed by atoms with Crippen LogP contribution in [-0.2, 0) is 41.6 Å². The summed E-state index contributed by atoms with van der Waals surface area (Å²) in [6, 6.07) is 18.1. The first kappa shape index (κ1) is 60.2. The summed E-state index contributed by atoms with van der Waals surface area (Å²) in [5.74, 6) is -3.12. The number of nitrogens with one attached hydrogen (secondary N) is 6. The normalized spacial score (nSPS) is 24.7. The van der Waals surface area contributed by atoms with Crippen molar-refractivity contribution in [3.8, 4) is 0 Å². The van der Waals surface area contributed by atoms with Gasteiger partial charge in [-0.05, 0) is 156 Å². The maximum absolute atomic E-state index is 15.0. The lowest BCUT2D eigenvalue weighted by Crippen LogP contribution is -2.57. The molecular formula is C66H90N8O8. The topological polar surface area (TPSA) is 215 Å². The second-order valence-electron chi connectivity index (χ2n) is 24.8. The van der Waals surface area contributed by atoms with Crippen molar-refractivity contribution in [2.24, 2.45) is 23.7 Å². The molecular weight excluding hydrogens is 1030 g/mol. The minimum Gasteiger partial charge on any atom is -0.347 e. The van der Waals surface area contributed by atoms with Gasteiger partial charge in [-0.15, -0.1) is 0 Å². The van der Waals surface area contributed by atoms with Gasteiger partial charge in [0.05, 0.1) is 18.1 Å². The monoisotopic (exact) mass is 1120 g/mol. The lowest BCUT2D eigenvalue weighted by atomic mass is 9.76. The molecule has 10 atom stereocenters. The Morgan fingerprint density at radius 2 is 0.988 bits per heavy atom. The van der Waals surface area contributed by atoms with E-state index in [1.54, 1.807) is 48.0 Å². The first-order valence-corrected chi connectivity index (χ1v) is 31.3. The van der Waals surface area contributed by atoms with Crippen LogP contribution in [0.4, 0.5) is 0 Å². The highest BCUT2D eigenvalue weighted by atomic mass is 16.2. The Bertz CT molecular complexity index is 2570. The van der Waals surface area contributed by atoms with Crippen molar-refractivity contribution in [3.63, 3.8) is 0 Å². The standard InChI is InChI=1S/C66H90N8O8/c1-5-41(2)60(76)72-59(46-26-10-7-11-27-46)66(82)74-40-50(37-57(74)64(80)71-55-31-19-15-25-44-23-13-17-29-52(44)55)69-62(78)48-34-32-47(33-35-48)61(77)68-49-36-56(63(79)70-54-30-18-14-24-43-22-12-16-28-51(43)54)73(39-49)65(81)53(38-58(75)42(3)67-4)45-20-8-6-9-21-45/h12-13,16-17,22-23,28-29,32-35,41-42,45-46,49-50,53-57,59,67H,5-11,14-15,18-21,24-27,30-31,36-40H2,1-4H3,(H,68,77)(H,69,78)(H,70,79)(H,71,80)(H,72,76)/t41-,42+,49+,50+,53+,54+,55+,56+,57+,59+/m1/s1. The number of amides is 7. The summed E-state index contributed by atoms with van der Waals surface area (Å²) in [6.07, 6.45) is 17.6. The maximum atomic E-state index is 15.0. The van der Waals surface area contributed by atoms with E-state index < -0.39 is 54.0 Å². The van der Waals surface area contributed by atoms with Gasteiger partial charge in [0.1, 0.15) is 23.9 Å². The number of Topliss-reactive ketones (excluding diaryl/α,β-unsaturated/α-hetero) is 1. The van der Waals surface area contributed by atoms with E-state index in [9.17, 15) is 28.8 Å². The van der Waals surface area contributed by atoms with Crippen LogP contribution in [0.3, 0.4) is 0 Å². The third-order valence-electron chi connectivity index (χ3n) is 19.3. The number of benzene rings is 3. The number of carbonyl (C=O) groups excluding carboxylic acids is 8. The van der Waals surface area contributed by atoms with E-state index in [0.29, 0.717) is 6.42 Å². The Hall–Kier alpha value is -6.42. The second kappa shape index (κ2) is 28.2. The van der Waals surface area contributed by atoms with Crippen LogP contribution in [-0.4, -0.2) is 113 Å². The molecule has 82 heavy (non-hydrogen) atoms. The van der Waals surface area contributed by atoms with Crippen molar-refractivity contribution in [1.29, 1.82) is 0 Å². The highest BCUT2D eigenvalue weighted by Crippen LogP contribution is 2.37. The number of likely N-dealkylation sites (tertiary alicyclic amines) is 2. The largest absolute Gasteiger partial charge is 0.347 e. The second-order valence-corrected chi connectivity index (χ2v) is 24.8. The molecule has 4 aliphatic carbocycles. The lowest BCUT2D eigenvalue weighted by Gasteiger charge is -2.35. The summed E-state index contributed by atoms with van der Waals surface area (Å²) >= 11 is 0. The summed E-state index contributed by atoms with van der Waals surface area (Å²) in [5.41, 5.74) is 5.14. The SMILES string of the molecule is CC[C@@H](C)C(=O)N[C@H](C(=O)N1C[C@@H](NC(=O)c2ccc(C(=O)N[C@H]3C[C@@H](C(=O)N[C@H]4CCCCc5ccccc54)N(C(=O)[C@@H](CC(=O)[C@H](C)NC)C4CCCCC4)C3)cc2)C[C@H]1C(=O)N[C@H]1CCCCc2ccccc21)C1CCCCC1. The van der Waals surface area contributed by atoms with Crippen LogP contribution >= 0.6 is 0 Å². The molecule has 442 valence electrons. The molecule has 0 unspecified atom stereocenters. The van der Waals surface area contributed by atoms with Gasteiger partial charge >= 0.3 is 0 Å². The smallest absolute Gasteiger partial charge is 0.251 e. The summed E-state index contributed by atoms with van der Waals surface area (Å²) < 4.78 is 0. The molecule has 16 nitrogen and oxygen atoms in total. The number of ketones is 1. The van der Waals surface area contributed by atoms with Crippen LogP contribution < -0.4 is 31.9 Å². The van der Waals surface area contributed by atoms with E-state index in [4.69, 9.17) is 0 Å². The van der Waals surface area contributed by atoms with Crippen molar-refractivity contribution in [3.05, 3.63) is 106 Å². The van der Waals surface area contributed by atoms with Gasteiger partial charge in [-0.25, -0.2) is 0 Å². The van der Waals surface area contributed by atoms with Gasteiger partial charge in [0, 0.05) is 54.6 Å². The zero-order valence-electron chi connectivity index (χ0n) is 49.0. The van der Waals surface area contributed by atoms with Crippen molar-refractivity contribution in [1.82, 2.24) is 41.7 Å². The Kier molecular flexibility index (Phi) is 20.7. The fourth-order valence-corrected chi connectivity index (χ4v) is 14.1. The zero-order chi connectivity index (χ0) is 57.9. The third kappa shape index (κ3) is 14.5. The number of likely N-dealkylation sites (N-methyl/N-ethyl adjacent to an activating group) is 1. The molecule has 0 radical (unpaired) electrons. The predicted molar refractivity (Wildman–Crippen MR) is 315 cm³/mol. The van der Waals surface area contributed by atoms with Crippen LogP contribution in [0.2, 0.25) is 0 Å². The average molecular weight is 1120 g/mol. The van der Waals surface area contributed by atoms with E-state index in [0.717, 1.165) is 127 Å². The van der Waals surface area contributed by atoms with E-state index >= 15 is 9.59 Å². The Balaban J connectivity index is 0.903. The molecule has 16 heteroatoms. The quantitative estimate of drug-likeness (QED) is 0.0639. The number of carbonyl (C=O) groups is 8. The van der Waals surface area contributed by atoms with Gasteiger partial charge < -0.3 is 41.7 Å². The molecule has 3 aromatic rings. The molecule has 9 rings (SSSR count). The van der Waals surface area contributed by atoms with E-state index in [1.165, 1.54) is 11.1 Å². The van der Waals surface area contributed by atoms with Gasteiger partial charge in [-0.3, -0.25) is 38.4 Å². The fraction of sp³-hybridized carbons (Fsp3) is 0.606. The fourth-order valence-electron chi connectivity index (χ4n) is 14.1. The lowest BCUT2D eigenvalue weighted by molar-refractivity contribution is -0.145. The van der Waals surface area contributed by atoms with E-state index in [2.05, 4.69) is 56.2 Å². The highest BCUT2D eigenvalue weighted by molar-refractivity contribution is 5.99. The predicted octanol–water partition coefficient (Wildman–Crippen LogP) is 8.13. The molecule has 4 fully saturated rings. The zero-order valence-corrected chi connectivity index (χ0v) is 49.0. The Morgan fingerprint density at radius 3 is 1.46 bits per heavy atom. The molecule has 7 amide bonds. The van der Waals surface area contributed by atoms with Gasteiger partial charge in [0.15, 0.2) is 0 Å². The summed E-state index contributed by atoms with van der Waals surface area (Å²) in [4.78, 5) is 118. The molecule has 3 aromatic carbocycles. The summed E-state index contributed by atoms with van der Waals surface area (Å²) in [6.45, 7) is 5.78. The molecule has 0 bridgehead atoms. The minimum atomic E-state index is -0.894. The average Bonchev–Trinajstić information content (AvgIpc) is 4.05. The number of hydrogen-bond acceptors (Lipinski definition) is 9. The molecule has 2 aliphatic heterocycles. The van der Waals surface area contributed by atoms with Crippen molar-refractivity contribution in [2.45, 2.75) is 210 Å². The van der Waals surface area contributed by atoms with Gasteiger partial charge in [-0.2, -0.15) is 0 Å². The Morgan fingerprint density at radius 1 is 0.537 bits per heavy atom. The first-order valence-electron chi connectivity index (χ1n) is 31.3. The van der Waals surface area contributed by atoms with E-state index in [-0.39, 0.29) is 109 Å². The van der Waals surface area contributed by atoms with Crippen LogP contribution in [0.15, 0.2) is 72.8 Å². The maximum Gasteiger partial charge on any atom is 0.251 e. The van der Waals surface area contributed by atoms with E-state index in [1.807, 2.05) is 38.1 Å². The van der Waals surface area contributed by atoms with Crippen LogP contribution in [0, 0.1) is 23.7 Å². The van der Waals surface area contributed by atoms with Gasteiger partial charge in [0.2, 0.25) is 29.5 Å². The molecule has 2 heterocycles. The summed E-state index contributed by atoms with van der Waals surface area (Å²) in [7, 11) is 1.73. The van der Waals surface area contributed by atoms with Crippen LogP contribution in [0.5, 0.6) is 0 Å². The number of aryl methyl sites for hydroxylation is 2. The molecule has 2 saturated carbocycles. The van der Waals surface area contributed by atoms with Crippen molar-refractivity contribution >= 4 is 47.1 Å². The van der Waals surface area contributed by atoms with Crippen molar-refractivity contribution in [2.75, 3.05) is 20.1 Å².